The van der Waals surface area contributed by atoms with Crippen molar-refractivity contribution in [1.82, 2.24) is 15.4 Å². The van der Waals surface area contributed by atoms with E-state index in [9.17, 15) is 4.79 Å². The standard InChI is InChI=1S/C26H31N3O4/c1-18-12-14-29(15-13-18)23(21-6-4-5-7-24(21)32-3)17-27-26(30)22-16-25(33-28-22)19-8-10-20(31-2)11-9-19/h4-11,16,18,23H,12-15,17H2,1-3H3,(H,27,30). The molecule has 1 amide bonds. The minimum atomic E-state index is -0.260. The number of rotatable bonds is 8. The Hall–Kier alpha value is -3.32. The zero-order chi connectivity index (χ0) is 23.2. The second kappa shape index (κ2) is 10.5. The molecule has 33 heavy (non-hydrogen) atoms. The van der Waals surface area contributed by atoms with Gasteiger partial charge in [0.25, 0.3) is 5.91 Å². The zero-order valence-electron chi connectivity index (χ0n) is 19.4. The fraction of sp³-hybridized carbons (Fsp3) is 0.385. The summed E-state index contributed by atoms with van der Waals surface area (Å²) >= 11 is 0. The van der Waals surface area contributed by atoms with Crippen LogP contribution in [0.25, 0.3) is 11.3 Å². The molecule has 1 N–H and O–H groups in total. The van der Waals surface area contributed by atoms with Crippen molar-refractivity contribution in [2.75, 3.05) is 33.9 Å². The fourth-order valence-corrected chi connectivity index (χ4v) is 4.27. The van der Waals surface area contributed by atoms with Gasteiger partial charge in [-0.3, -0.25) is 9.69 Å². The number of para-hydroxylation sites is 1. The highest BCUT2D eigenvalue weighted by Gasteiger charge is 2.27. The van der Waals surface area contributed by atoms with E-state index < -0.39 is 0 Å². The topological polar surface area (TPSA) is 76.8 Å². The van der Waals surface area contributed by atoms with E-state index in [0.29, 0.717) is 12.3 Å². The normalized spacial score (nSPS) is 15.7. The van der Waals surface area contributed by atoms with Gasteiger partial charge in [0.05, 0.1) is 20.3 Å². The SMILES string of the molecule is COc1ccc(-c2cc(C(=O)NCC(c3ccccc3OC)N3CCC(C)CC3)no2)cc1. The van der Waals surface area contributed by atoms with E-state index in [1.807, 2.05) is 42.5 Å². The van der Waals surface area contributed by atoms with E-state index in [1.54, 1.807) is 20.3 Å². The molecule has 0 saturated carbocycles. The lowest BCUT2D eigenvalue weighted by molar-refractivity contribution is 0.0902. The van der Waals surface area contributed by atoms with Crippen molar-refractivity contribution < 1.29 is 18.8 Å². The van der Waals surface area contributed by atoms with Crippen molar-refractivity contribution in [3.63, 3.8) is 0 Å². The Labute approximate surface area is 194 Å². The van der Waals surface area contributed by atoms with Crippen LogP contribution in [0, 0.1) is 5.92 Å². The van der Waals surface area contributed by atoms with Crippen LogP contribution in [0.1, 0.15) is 41.9 Å². The van der Waals surface area contributed by atoms with Gasteiger partial charge in [0.15, 0.2) is 11.5 Å². The first-order valence-electron chi connectivity index (χ1n) is 11.4. The van der Waals surface area contributed by atoms with Crippen molar-refractivity contribution in [2.24, 2.45) is 5.92 Å². The van der Waals surface area contributed by atoms with Gasteiger partial charge in [-0.25, -0.2) is 0 Å². The van der Waals surface area contributed by atoms with Gasteiger partial charge in [0.1, 0.15) is 11.5 Å². The molecule has 4 rings (SSSR count). The third-order valence-corrected chi connectivity index (χ3v) is 6.33. The van der Waals surface area contributed by atoms with E-state index in [1.165, 1.54) is 0 Å². The van der Waals surface area contributed by atoms with Crippen molar-refractivity contribution in [1.29, 1.82) is 0 Å². The van der Waals surface area contributed by atoms with E-state index >= 15 is 0 Å². The summed E-state index contributed by atoms with van der Waals surface area (Å²) < 4.78 is 16.2. The molecule has 174 valence electrons. The van der Waals surface area contributed by atoms with Crippen LogP contribution in [0.15, 0.2) is 59.1 Å². The Kier molecular flexibility index (Phi) is 7.29. The number of benzene rings is 2. The Morgan fingerprint density at radius 3 is 2.55 bits per heavy atom. The summed E-state index contributed by atoms with van der Waals surface area (Å²) in [6.45, 7) is 4.73. The molecule has 1 saturated heterocycles. The second-order valence-electron chi connectivity index (χ2n) is 8.49. The van der Waals surface area contributed by atoms with Crippen molar-refractivity contribution in [2.45, 2.75) is 25.8 Å². The Bertz CT molecular complexity index is 1060. The highest BCUT2D eigenvalue weighted by molar-refractivity contribution is 5.93. The molecule has 0 spiro atoms. The molecule has 0 radical (unpaired) electrons. The molecule has 2 heterocycles. The van der Waals surface area contributed by atoms with Crippen LogP contribution in [0.2, 0.25) is 0 Å². The molecule has 1 unspecified atom stereocenters. The number of nitrogens with one attached hydrogen (secondary N) is 1. The molecule has 1 atom stereocenters. The molecule has 1 aliphatic heterocycles. The fourth-order valence-electron chi connectivity index (χ4n) is 4.27. The number of hydrogen-bond donors (Lipinski definition) is 1. The van der Waals surface area contributed by atoms with Crippen LogP contribution < -0.4 is 14.8 Å². The number of piperidine rings is 1. The number of amides is 1. The summed E-state index contributed by atoms with van der Waals surface area (Å²) in [5.74, 6) is 2.59. The van der Waals surface area contributed by atoms with E-state index in [-0.39, 0.29) is 17.6 Å². The van der Waals surface area contributed by atoms with E-state index in [2.05, 4.69) is 28.4 Å². The molecular formula is C26H31N3O4. The first kappa shape index (κ1) is 22.9. The lowest BCUT2D eigenvalue weighted by Crippen LogP contribution is -2.42. The monoisotopic (exact) mass is 449 g/mol. The Balaban J connectivity index is 1.48. The van der Waals surface area contributed by atoms with Gasteiger partial charge in [-0.15, -0.1) is 0 Å². The third kappa shape index (κ3) is 5.37. The van der Waals surface area contributed by atoms with Crippen LogP contribution in [-0.2, 0) is 0 Å². The van der Waals surface area contributed by atoms with Gasteiger partial charge >= 0.3 is 0 Å². The molecule has 1 aromatic heterocycles. The van der Waals surface area contributed by atoms with Gasteiger partial charge < -0.3 is 19.3 Å². The molecule has 0 bridgehead atoms. The number of aromatic nitrogens is 1. The van der Waals surface area contributed by atoms with Gasteiger partial charge in [-0.2, -0.15) is 0 Å². The van der Waals surface area contributed by atoms with Gasteiger partial charge in [-0.05, 0) is 62.2 Å². The quantitative estimate of drug-likeness (QED) is 0.543. The summed E-state index contributed by atoms with van der Waals surface area (Å²) in [5.41, 5.74) is 2.16. The lowest BCUT2D eigenvalue weighted by atomic mass is 9.95. The van der Waals surface area contributed by atoms with Crippen molar-refractivity contribution >= 4 is 5.91 Å². The summed E-state index contributed by atoms with van der Waals surface area (Å²) in [6.07, 6.45) is 2.29. The molecule has 1 fully saturated rings. The summed E-state index contributed by atoms with van der Waals surface area (Å²) in [7, 11) is 3.30. The number of nitrogens with zero attached hydrogens (tertiary/aromatic N) is 2. The average Bonchev–Trinajstić information content (AvgIpc) is 3.36. The number of carbonyl (C=O) groups excluding carboxylic acids is 1. The van der Waals surface area contributed by atoms with E-state index in [4.69, 9.17) is 14.0 Å². The molecule has 0 aliphatic carbocycles. The lowest BCUT2D eigenvalue weighted by Gasteiger charge is -2.37. The van der Waals surface area contributed by atoms with Crippen LogP contribution in [-0.4, -0.2) is 49.8 Å². The predicted octanol–water partition coefficient (Wildman–Crippen LogP) is 4.56. The molecule has 2 aromatic carbocycles. The maximum absolute atomic E-state index is 12.9. The second-order valence-corrected chi connectivity index (χ2v) is 8.49. The molecular weight excluding hydrogens is 418 g/mol. The number of likely N-dealkylation sites (tertiary alicyclic amines) is 1. The first-order valence-corrected chi connectivity index (χ1v) is 11.4. The van der Waals surface area contributed by atoms with Crippen LogP contribution in [0.4, 0.5) is 0 Å². The van der Waals surface area contributed by atoms with Crippen molar-refractivity contribution in [3.05, 3.63) is 65.9 Å². The molecule has 1 aliphatic rings. The average molecular weight is 450 g/mol. The van der Waals surface area contributed by atoms with Gasteiger partial charge in [-0.1, -0.05) is 30.3 Å². The maximum Gasteiger partial charge on any atom is 0.273 e. The minimum absolute atomic E-state index is 0.0190. The van der Waals surface area contributed by atoms with Crippen LogP contribution in [0.3, 0.4) is 0 Å². The number of methoxy groups -OCH3 is 2. The number of hydrogen-bond acceptors (Lipinski definition) is 6. The smallest absolute Gasteiger partial charge is 0.273 e. The first-order chi connectivity index (χ1) is 16.1. The Morgan fingerprint density at radius 1 is 1.12 bits per heavy atom. The van der Waals surface area contributed by atoms with Gasteiger partial charge in [0, 0.05) is 23.7 Å². The summed E-state index contributed by atoms with van der Waals surface area (Å²) in [6, 6.07) is 17.1. The highest BCUT2D eigenvalue weighted by atomic mass is 16.5. The minimum Gasteiger partial charge on any atom is -0.497 e. The highest BCUT2D eigenvalue weighted by Crippen LogP contribution is 2.32. The largest absolute Gasteiger partial charge is 0.497 e. The molecule has 7 nitrogen and oxygen atoms in total. The number of ether oxygens (including phenoxy) is 2. The van der Waals surface area contributed by atoms with Crippen molar-refractivity contribution in [3.8, 4) is 22.8 Å². The third-order valence-electron chi connectivity index (χ3n) is 6.33. The zero-order valence-corrected chi connectivity index (χ0v) is 19.4. The predicted molar refractivity (Wildman–Crippen MR) is 127 cm³/mol. The molecule has 3 aromatic rings. The Morgan fingerprint density at radius 2 is 1.85 bits per heavy atom. The summed E-state index contributed by atoms with van der Waals surface area (Å²) in [5, 5.41) is 7.05. The van der Waals surface area contributed by atoms with E-state index in [0.717, 1.165) is 54.5 Å². The van der Waals surface area contributed by atoms with Gasteiger partial charge in [0.2, 0.25) is 0 Å². The van der Waals surface area contributed by atoms with Crippen LogP contribution >= 0.6 is 0 Å². The maximum atomic E-state index is 12.9. The van der Waals surface area contributed by atoms with Crippen LogP contribution in [0.5, 0.6) is 11.5 Å². The number of carbonyl (C=O) groups is 1. The molecule has 7 heteroatoms. The summed E-state index contributed by atoms with van der Waals surface area (Å²) in [4.78, 5) is 15.3.